The summed E-state index contributed by atoms with van der Waals surface area (Å²) in [6, 6.07) is 11.5. The number of benzene rings is 2. The topological polar surface area (TPSA) is 107 Å². The number of carbonyl (C=O) groups excluding carboxylic acids is 1. The molecule has 2 heterocycles. The summed E-state index contributed by atoms with van der Waals surface area (Å²) >= 11 is 0. The Balaban J connectivity index is 1.59. The zero-order chi connectivity index (χ0) is 24.3. The number of piperidine rings is 1. The van der Waals surface area contributed by atoms with Crippen molar-refractivity contribution in [2.75, 3.05) is 18.8 Å². The summed E-state index contributed by atoms with van der Waals surface area (Å²) < 4.78 is 45.9. The van der Waals surface area contributed by atoms with E-state index >= 15 is 0 Å². The molecular formula is C24H24F3N5O2. The van der Waals surface area contributed by atoms with Crippen LogP contribution in [0.3, 0.4) is 0 Å². The van der Waals surface area contributed by atoms with Crippen molar-refractivity contribution in [3.05, 3.63) is 65.4 Å². The number of hydrogen-bond donors (Lipinski definition) is 2. The molecule has 10 heteroatoms. The molecule has 4 rings (SSSR count). The number of anilines is 1. The number of likely N-dealkylation sites (tertiary alicyclic amines) is 1. The maximum Gasteiger partial charge on any atom is 0.416 e. The van der Waals surface area contributed by atoms with E-state index in [2.05, 4.69) is 14.9 Å². The highest BCUT2D eigenvalue weighted by Gasteiger charge is 2.31. The van der Waals surface area contributed by atoms with Crippen LogP contribution in [0.15, 0.2) is 48.5 Å². The van der Waals surface area contributed by atoms with E-state index < -0.39 is 17.6 Å². The van der Waals surface area contributed by atoms with Crippen molar-refractivity contribution in [1.82, 2.24) is 14.9 Å². The number of aromatic nitrogens is 2. The quantitative estimate of drug-likeness (QED) is 0.543. The molecule has 1 aliphatic heterocycles. The van der Waals surface area contributed by atoms with Crippen molar-refractivity contribution >= 4 is 11.7 Å². The monoisotopic (exact) mass is 471 g/mol. The Kier molecular flexibility index (Phi) is 6.69. The number of ether oxygens (including phenoxy) is 1. The number of rotatable bonds is 6. The van der Waals surface area contributed by atoms with Gasteiger partial charge in [0.25, 0.3) is 5.91 Å². The predicted octanol–water partition coefficient (Wildman–Crippen LogP) is 4.62. The Morgan fingerprint density at radius 3 is 2.35 bits per heavy atom. The molecule has 1 aromatic heterocycles. The van der Waals surface area contributed by atoms with Crippen LogP contribution in [0.4, 0.5) is 19.0 Å². The molecule has 1 amide bonds. The predicted molar refractivity (Wildman–Crippen MR) is 121 cm³/mol. The second-order valence-electron chi connectivity index (χ2n) is 8.15. The number of halogens is 3. The zero-order valence-corrected chi connectivity index (χ0v) is 18.3. The van der Waals surface area contributed by atoms with Crippen LogP contribution in [-0.4, -0.2) is 33.9 Å². The summed E-state index contributed by atoms with van der Waals surface area (Å²) in [6.07, 6.45) is -1.25. The van der Waals surface area contributed by atoms with E-state index in [0.717, 1.165) is 44.5 Å². The van der Waals surface area contributed by atoms with Gasteiger partial charge in [-0.15, -0.1) is 0 Å². The Hall–Kier alpha value is -3.66. The van der Waals surface area contributed by atoms with E-state index in [1.807, 2.05) is 0 Å². The number of nitrogens with zero attached hydrogens (tertiary/aromatic N) is 3. The molecule has 0 unspecified atom stereocenters. The van der Waals surface area contributed by atoms with Crippen LogP contribution >= 0.6 is 0 Å². The van der Waals surface area contributed by atoms with Gasteiger partial charge in [0.05, 0.1) is 5.56 Å². The number of nitrogen functional groups attached to an aromatic ring is 1. The smallest absolute Gasteiger partial charge is 0.416 e. The van der Waals surface area contributed by atoms with E-state index in [9.17, 15) is 18.0 Å². The molecule has 1 aliphatic rings. The largest absolute Gasteiger partial charge is 0.457 e. The summed E-state index contributed by atoms with van der Waals surface area (Å²) in [5.41, 5.74) is 11.4. The van der Waals surface area contributed by atoms with Gasteiger partial charge in [-0.05, 0) is 68.4 Å². The fourth-order valence-corrected chi connectivity index (χ4v) is 3.86. The highest BCUT2D eigenvalue weighted by atomic mass is 19.4. The highest BCUT2D eigenvalue weighted by molar-refractivity contribution is 5.91. The lowest BCUT2D eigenvalue weighted by atomic mass is 10.1. The van der Waals surface area contributed by atoms with Crippen molar-refractivity contribution in [1.29, 1.82) is 0 Å². The lowest BCUT2D eigenvalue weighted by molar-refractivity contribution is -0.137. The maximum atomic E-state index is 13.3. The SMILES string of the molecule is NC(=O)c1cc(N)nc(-c2ccc(Oc3ccc(C(F)(F)F)cc3CN3CCCCC3)cc2)n1. The molecule has 0 bridgehead atoms. The number of nitrogens with two attached hydrogens (primary N) is 2. The molecule has 4 N–H and O–H groups in total. The van der Waals surface area contributed by atoms with Crippen LogP contribution in [0, 0.1) is 0 Å². The average molecular weight is 471 g/mol. The van der Waals surface area contributed by atoms with E-state index in [1.165, 1.54) is 12.1 Å². The van der Waals surface area contributed by atoms with E-state index in [-0.39, 0.29) is 17.3 Å². The van der Waals surface area contributed by atoms with Gasteiger partial charge in [0.2, 0.25) is 0 Å². The number of amides is 1. The Labute approximate surface area is 194 Å². The molecule has 178 valence electrons. The van der Waals surface area contributed by atoms with Crippen molar-refractivity contribution in [2.24, 2.45) is 5.73 Å². The maximum absolute atomic E-state index is 13.3. The normalized spacial score (nSPS) is 14.7. The fourth-order valence-electron chi connectivity index (χ4n) is 3.86. The standard InChI is InChI=1S/C24H24F3N5O2/c25-24(26,27)17-6-9-20(16(12-17)14-32-10-2-1-3-11-32)34-18-7-4-15(5-8-18)23-30-19(22(29)33)13-21(28)31-23/h4-9,12-13H,1-3,10-11,14H2,(H2,29,33)(H2,28,30,31). The zero-order valence-electron chi connectivity index (χ0n) is 18.3. The highest BCUT2D eigenvalue weighted by Crippen LogP contribution is 2.35. The van der Waals surface area contributed by atoms with Crippen LogP contribution in [-0.2, 0) is 12.7 Å². The lowest BCUT2D eigenvalue weighted by Crippen LogP contribution is -2.29. The van der Waals surface area contributed by atoms with Crippen molar-refractivity contribution < 1.29 is 22.7 Å². The average Bonchev–Trinajstić information content (AvgIpc) is 2.80. The molecule has 0 radical (unpaired) electrons. The van der Waals surface area contributed by atoms with Crippen LogP contribution < -0.4 is 16.2 Å². The minimum absolute atomic E-state index is 0.00469. The number of primary amides is 1. The lowest BCUT2D eigenvalue weighted by Gasteiger charge is -2.27. The van der Waals surface area contributed by atoms with Crippen molar-refractivity contribution in [3.8, 4) is 22.9 Å². The summed E-state index contributed by atoms with van der Waals surface area (Å²) in [5, 5.41) is 0. The molecule has 0 saturated carbocycles. The van der Waals surface area contributed by atoms with E-state index in [1.54, 1.807) is 24.3 Å². The van der Waals surface area contributed by atoms with Gasteiger partial charge >= 0.3 is 6.18 Å². The van der Waals surface area contributed by atoms with Gasteiger partial charge in [0, 0.05) is 23.7 Å². The molecule has 0 atom stereocenters. The van der Waals surface area contributed by atoms with Crippen LogP contribution in [0.5, 0.6) is 11.5 Å². The number of alkyl halides is 3. The third-order valence-electron chi connectivity index (χ3n) is 5.57. The minimum Gasteiger partial charge on any atom is -0.457 e. The van der Waals surface area contributed by atoms with Gasteiger partial charge in [-0.2, -0.15) is 13.2 Å². The van der Waals surface area contributed by atoms with Crippen molar-refractivity contribution in [3.63, 3.8) is 0 Å². The number of carbonyl (C=O) groups is 1. The molecule has 7 nitrogen and oxygen atoms in total. The van der Waals surface area contributed by atoms with Crippen LogP contribution in [0.25, 0.3) is 11.4 Å². The molecule has 1 saturated heterocycles. The summed E-state index contributed by atoms with van der Waals surface area (Å²) in [7, 11) is 0. The molecule has 0 spiro atoms. The van der Waals surface area contributed by atoms with Gasteiger partial charge in [0.1, 0.15) is 23.0 Å². The molecule has 0 aliphatic carbocycles. The van der Waals surface area contributed by atoms with Crippen LogP contribution in [0.1, 0.15) is 40.9 Å². The van der Waals surface area contributed by atoms with Gasteiger partial charge in [-0.25, -0.2) is 9.97 Å². The van der Waals surface area contributed by atoms with E-state index in [0.29, 0.717) is 29.2 Å². The first-order valence-corrected chi connectivity index (χ1v) is 10.8. The fraction of sp³-hybridized carbons (Fsp3) is 0.292. The first kappa shape index (κ1) is 23.5. The molecule has 34 heavy (non-hydrogen) atoms. The van der Waals surface area contributed by atoms with Gasteiger partial charge in [-0.3, -0.25) is 9.69 Å². The third-order valence-corrected chi connectivity index (χ3v) is 5.57. The van der Waals surface area contributed by atoms with Gasteiger partial charge < -0.3 is 16.2 Å². The summed E-state index contributed by atoms with van der Waals surface area (Å²) in [4.78, 5) is 21.8. The Morgan fingerprint density at radius 1 is 1.00 bits per heavy atom. The van der Waals surface area contributed by atoms with Crippen molar-refractivity contribution in [2.45, 2.75) is 32.0 Å². The Morgan fingerprint density at radius 2 is 1.71 bits per heavy atom. The molecular weight excluding hydrogens is 447 g/mol. The third kappa shape index (κ3) is 5.63. The van der Waals surface area contributed by atoms with E-state index in [4.69, 9.17) is 16.2 Å². The Bertz CT molecular complexity index is 1180. The second kappa shape index (κ2) is 9.68. The van der Waals surface area contributed by atoms with Gasteiger partial charge in [-0.1, -0.05) is 6.42 Å². The number of hydrogen-bond acceptors (Lipinski definition) is 6. The molecule has 3 aromatic rings. The minimum atomic E-state index is -4.43. The first-order chi connectivity index (χ1) is 16.2. The first-order valence-electron chi connectivity index (χ1n) is 10.8. The summed E-state index contributed by atoms with van der Waals surface area (Å²) in [5.74, 6) is 0.399. The van der Waals surface area contributed by atoms with Gasteiger partial charge in [0.15, 0.2) is 5.82 Å². The summed E-state index contributed by atoms with van der Waals surface area (Å²) in [6.45, 7) is 2.07. The molecule has 2 aromatic carbocycles. The van der Waals surface area contributed by atoms with Crippen LogP contribution in [0.2, 0.25) is 0 Å². The molecule has 1 fully saturated rings. The second-order valence-corrected chi connectivity index (χ2v) is 8.15.